The molecule has 2 aliphatic heterocycles. The number of methoxy groups -OCH3 is 1. The Balaban J connectivity index is 2.28. The van der Waals surface area contributed by atoms with Crippen LogP contribution in [0.1, 0.15) is 34.6 Å². The van der Waals surface area contributed by atoms with E-state index in [1.807, 2.05) is 33.2 Å². The van der Waals surface area contributed by atoms with Crippen molar-refractivity contribution >= 4 is 6.03 Å². The number of carbonyl (C=O) groups excluding carboxylic acids is 1. The van der Waals surface area contributed by atoms with E-state index >= 15 is 0 Å². The number of amides is 2. The molecule has 0 spiro atoms. The first-order valence-electron chi connectivity index (χ1n) is 7.53. The summed E-state index contributed by atoms with van der Waals surface area (Å²) < 4.78 is 11.4. The molecule has 2 rings (SSSR count). The summed E-state index contributed by atoms with van der Waals surface area (Å²) >= 11 is 0. The minimum Gasteiger partial charge on any atom is -0.382 e. The van der Waals surface area contributed by atoms with Gasteiger partial charge in [-0.05, 0) is 25.8 Å². The van der Waals surface area contributed by atoms with Crippen LogP contribution in [0.15, 0.2) is 12.3 Å². The molecule has 3 atom stereocenters. The summed E-state index contributed by atoms with van der Waals surface area (Å²) in [5, 5.41) is 0. The molecule has 0 aromatic heterocycles. The van der Waals surface area contributed by atoms with Crippen molar-refractivity contribution in [2.45, 2.75) is 52.5 Å². The number of ether oxygens (including phenoxy) is 2. The smallest absolute Gasteiger partial charge is 0.326 e. The van der Waals surface area contributed by atoms with E-state index in [-0.39, 0.29) is 29.3 Å². The highest BCUT2D eigenvalue weighted by atomic mass is 16.6. The van der Waals surface area contributed by atoms with Crippen molar-refractivity contribution in [3.63, 3.8) is 0 Å². The molecule has 2 aliphatic rings. The molecule has 5 heteroatoms. The van der Waals surface area contributed by atoms with Gasteiger partial charge in [-0.25, -0.2) is 4.79 Å². The Morgan fingerprint density at radius 3 is 2.52 bits per heavy atom. The van der Waals surface area contributed by atoms with Gasteiger partial charge in [0.25, 0.3) is 0 Å². The van der Waals surface area contributed by atoms with Crippen molar-refractivity contribution in [2.75, 3.05) is 20.8 Å². The van der Waals surface area contributed by atoms with Crippen molar-refractivity contribution in [3.05, 3.63) is 12.3 Å². The predicted molar refractivity (Wildman–Crippen MR) is 81.7 cm³/mol. The molecule has 2 heterocycles. The number of carbonyl (C=O) groups is 1. The van der Waals surface area contributed by atoms with E-state index in [0.717, 1.165) is 0 Å². The second-order valence-electron chi connectivity index (χ2n) is 7.31. The molecule has 120 valence electrons. The van der Waals surface area contributed by atoms with Crippen molar-refractivity contribution < 1.29 is 14.3 Å². The normalized spacial score (nSPS) is 34.6. The van der Waals surface area contributed by atoms with Crippen LogP contribution in [0.25, 0.3) is 0 Å². The van der Waals surface area contributed by atoms with Crippen LogP contribution >= 0.6 is 0 Å². The molecule has 0 unspecified atom stereocenters. The Morgan fingerprint density at radius 2 is 1.95 bits per heavy atom. The summed E-state index contributed by atoms with van der Waals surface area (Å²) in [6, 6.07) is -0.0224. The number of hydrogen-bond acceptors (Lipinski definition) is 3. The summed E-state index contributed by atoms with van der Waals surface area (Å²) in [4.78, 5) is 16.1. The molecule has 21 heavy (non-hydrogen) atoms. The molecule has 2 amide bonds. The first-order valence-corrected chi connectivity index (χ1v) is 7.53. The van der Waals surface area contributed by atoms with Gasteiger partial charge in [-0.3, -0.25) is 4.90 Å². The van der Waals surface area contributed by atoms with E-state index in [1.165, 1.54) is 0 Å². The summed E-state index contributed by atoms with van der Waals surface area (Å²) in [5.74, 6) is 0.309. The van der Waals surface area contributed by atoms with E-state index in [0.29, 0.717) is 12.5 Å². The van der Waals surface area contributed by atoms with Gasteiger partial charge in [0.05, 0.1) is 18.2 Å². The molecule has 0 aliphatic carbocycles. The first-order chi connectivity index (χ1) is 9.63. The maximum Gasteiger partial charge on any atom is 0.326 e. The SMILES string of the molecule is COC[C@H]1O[C@@H](N2C=CC(C)(C)N(C)C2=O)C(C)(C)[C@H]1C. The third-order valence-corrected chi connectivity index (χ3v) is 5.27. The van der Waals surface area contributed by atoms with Crippen molar-refractivity contribution in [2.24, 2.45) is 11.3 Å². The van der Waals surface area contributed by atoms with Crippen molar-refractivity contribution in [3.8, 4) is 0 Å². The summed E-state index contributed by atoms with van der Waals surface area (Å²) in [6.07, 6.45) is 3.66. The van der Waals surface area contributed by atoms with E-state index in [4.69, 9.17) is 9.47 Å². The maximum absolute atomic E-state index is 12.7. The van der Waals surface area contributed by atoms with Gasteiger partial charge in [0.15, 0.2) is 0 Å². The van der Waals surface area contributed by atoms with Gasteiger partial charge in [-0.15, -0.1) is 0 Å². The highest BCUT2D eigenvalue weighted by Gasteiger charge is 2.52. The first kappa shape index (κ1) is 16.3. The third kappa shape index (κ3) is 2.57. The van der Waals surface area contributed by atoms with Gasteiger partial charge < -0.3 is 14.4 Å². The van der Waals surface area contributed by atoms with Gasteiger partial charge >= 0.3 is 6.03 Å². The second-order valence-corrected chi connectivity index (χ2v) is 7.31. The third-order valence-electron chi connectivity index (χ3n) is 5.27. The van der Waals surface area contributed by atoms with Crippen molar-refractivity contribution in [1.29, 1.82) is 0 Å². The minimum absolute atomic E-state index is 0.0106. The van der Waals surface area contributed by atoms with Crippen molar-refractivity contribution in [1.82, 2.24) is 9.80 Å². The fourth-order valence-corrected chi connectivity index (χ4v) is 2.97. The zero-order chi connectivity index (χ0) is 16.0. The molecule has 0 aromatic carbocycles. The van der Waals surface area contributed by atoms with Crippen LogP contribution in [0.2, 0.25) is 0 Å². The fraction of sp³-hybridized carbons (Fsp3) is 0.812. The average Bonchev–Trinajstić information content (AvgIpc) is 2.61. The Bertz CT molecular complexity index is 445. The van der Waals surface area contributed by atoms with Gasteiger partial charge in [0.2, 0.25) is 0 Å². The fourth-order valence-electron chi connectivity index (χ4n) is 2.97. The lowest BCUT2D eigenvalue weighted by molar-refractivity contribution is -0.0735. The van der Waals surface area contributed by atoms with Gasteiger partial charge in [-0.2, -0.15) is 0 Å². The summed E-state index contributed by atoms with van der Waals surface area (Å²) in [5.41, 5.74) is -0.403. The molecule has 0 N–H and O–H groups in total. The molecular formula is C16H28N2O3. The Kier molecular flexibility index (Phi) is 4.10. The molecule has 5 nitrogen and oxygen atoms in total. The molecule has 0 bridgehead atoms. The van der Waals surface area contributed by atoms with Gasteiger partial charge in [-0.1, -0.05) is 20.8 Å². The Labute approximate surface area is 127 Å². The lowest BCUT2D eigenvalue weighted by Gasteiger charge is -2.44. The number of urea groups is 1. The van der Waals surface area contributed by atoms with Crippen LogP contribution in [0.3, 0.4) is 0 Å². The van der Waals surface area contributed by atoms with Crippen LogP contribution in [0.4, 0.5) is 4.79 Å². The molecule has 1 fully saturated rings. The lowest BCUT2D eigenvalue weighted by atomic mass is 9.77. The van der Waals surface area contributed by atoms with E-state index in [2.05, 4.69) is 20.8 Å². The van der Waals surface area contributed by atoms with Gasteiger partial charge in [0, 0.05) is 25.8 Å². The Hall–Kier alpha value is -1.07. The largest absolute Gasteiger partial charge is 0.382 e. The summed E-state index contributed by atoms with van der Waals surface area (Å²) in [7, 11) is 3.51. The summed E-state index contributed by atoms with van der Waals surface area (Å²) in [6.45, 7) is 11.1. The number of likely N-dealkylation sites (N-methyl/N-ethyl adjacent to an activating group) is 1. The monoisotopic (exact) mass is 296 g/mol. The van der Waals surface area contributed by atoms with Gasteiger partial charge in [0.1, 0.15) is 6.23 Å². The predicted octanol–water partition coefficient (Wildman–Crippen LogP) is 2.68. The lowest BCUT2D eigenvalue weighted by Crippen LogP contribution is -2.57. The molecule has 0 radical (unpaired) electrons. The van der Waals surface area contributed by atoms with E-state index in [1.54, 1.807) is 16.9 Å². The topological polar surface area (TPSA) is 42.0 Å². The minimum atomic E-state index is -0.270. The molecule has 0 aromatic rings. The maximum atomic E-state index is 12.7. The van der Waals surface area contributed by atoms with Crippen LogP contribution < -0.4 is 0 Å². The quantitative estimate of drug-likeness (QED) is 0.804. The number of rotatable bonds is 3. The highest BCUT2D eigenvalue weighted by molar-refractivity contribution is 5.78. The zero-order valence-electron chi connectivity index (χ0n) is 14.2. The van der Waals surface area contributed by atoms with Crippen LogP contribution in [-0.4, -0.2) is 54.5 Å². The molecular weight excluding hydrogens is 268 g/mol. The number of hydrogen-bond donors (Lipinski definition) is 0. The van der Waals surface area contributed by atoms with E-state index < -0.39 is 0 Å². The molecule has 0 saturated carbocycles. The second kappa shape index (κ2) is 5.29. The highest BCUT2D eigenvalue weighted by Crippen LogP contribution is 2.45. The van der Waals surface area contributed by atoms with Crippen LogP contribution in [0.5, 0.6) is 0 Å². The number of nitrogens with zero attached hydrogens (tertiary/aromatic N) is 2. The zero-order valence-corrected chi connectivity index (χ0v) is 14.2. The van der Waals surface area contributed by atoms with Crippen LogP contribution in [-0.2, 0) is 9.47 Å². The molecule has 1 saturated heterocycles. The van der Waals surface area contributed by atoms with Crippen LogP contribution in [0, 0.1) is 11.3 Å². The standard InChI is InChI=1S/C16H28N2O3/c1-11-12(10-20-7)21-13(16(11,4)5)18-9-8-15(2,3)17(6)14(18)19/h8-9,11-13H,10H2,1-7H3/t11-,12+,13+/m0/s1. The Morgan fingerprint density at radius 1 is 1.33 bits per heavy atom. The van der Waals surface area contributed by atoms with E-state index in [9.17, 15) is 4.79 Å². The average molecular weight is 296 g/mol.